The van der Waals surface area contributed by atoms with Crippen LogP contribution in [-0.4, -0.2) is 81.7 Å². The predicted octanol–water partition coefficient (Wildman–Crippen LogP) is -2.36. The van der Waals surface area contributed by atoms with Crippen LogP contribution in [-0.2, 0) is 18.9 Å². The van der Waals surface area contributed by atoms with Crippen LogP contribution in [0.4, 0.5) is 0 Å². The van der Waals surface area contributed by atoms with Gasteiger partial charge in [0, 0.05) is 18.3 Å². The van der Waals surface area contributed by atoms with E-state index in [-0.39, 0.29) is 17.8 Å². The number of rotatable bonds is 3. The minimum Gasteiger partial charge on any atom is -0.394 e. The maximum Gasteiger partial charge on any atom is 0.189 e. The van der Waals surface area contributed by atoms with E-state index in [9.17, 15) is 25.5 Å². The van der Waals surface area contributed by atoms with Crippen LogP contribution in [0.5, 0.6) is 0 Å². The Labute approximate surface area is 138 Å². The van der Waals surface area contributed by atoms with Gasteiger partial charge in [0.15, 0.2) is 25.2 Å². The number of aliphatic hydroxyl groups excluding tert-OH is 5. The first-order valence-electron chi connectivity index (χ1n) is 8.13. The van der Waals surface area contributed by atoms with Gasteiger partial charge in [-0.1, -0.05) is 12.2 Å². The Morgan fingerprint density at radius 1 is 0.917 bits per heavy atom. The summed E-state index contributed by atoms with van der Waals surface area (Å²) in [5.41, 5.74) is 0. The normalized spacial score (nSPS) is 56.5. The summed E-state index contributed by atoms with van der Waals surface area (Å²) in [5, 5.41) is 49.1. The Morgan fingerprint density at radius 3 is 2.46 bits per heavy atom. The van der Waals surface area contributed by atoms with Gasteiger partial charge < -0.3 is 44.5 Å². The summed E-state index contributed by atoms with van der Waals surface area (Å²) in [5.74, 6) is -0.385. The average Bonchev–Trinajstić information content (AvgIpc) is 2.88. The van der Waals surface area contributed by atoms with E-state index in [0.717, 1.165) is 0 Å². The molecule has 0 saturated carbocycles. The quantitative estimate of drug-likeness (QED) is 0.355. The van der Waals surface area contributed by atoms with E-state index in [1.54, 1.807) is 0 Å². The molecule has 0 radical (unpaired) electrons. The van der Waals surface area contributed by atoms with Gasteiger partial charge >= 0.3 is 0 Å². The van der Waals surface area contributed by atoms with Crippen LogP contribution in [0, 0.1) is 17.8 Å². The van der Waals surface area contributed by atoms with Gasteiger partial charge in [0.1, 0.15) is 24.4 Å². The van der Waals surface area contributed by atoms with Crippen LogP contribution in [0.25, 0.3) is 0 Å². The fraction of sp³-hybridized carbons (Fsp3) is 0.867. The minimum absolute atomic E-state index is 0.112. The third-order valence-electron chi connectivity index (χ3n) is 5.32. The van der Waals surface area contributed by atoms with E-state index in [1.807, 2.05) is 12.2 Å². The summed E-state index contributed by atoms with van der Waals surface area (Å²) >= 11 is 0. The van der Waals surface area contributed by atoms with Crippen LogP contribution < -0.4 is 0 Å². The van der Waals surface area contributed by atoms with Crippen molar-refractivity contribution < 1.29 is 44.5 Å². The molecule has 4 saturated heterocycles. The van der Waals surface area contributed by atoms with Crippen molar-refractivity contribution in [3.8, 4) is 0 Å². The number of hydrogen-bond acceptors (Lipinski definition) is 9. The van der Waals surface area contributed by atoms with Gasteiger partial charge in [-0.3, -0.25) is 0 Å². The van der Waals surface area contributed by atoms with Gasteiger partial charge in [-0.05, 0) is 5.92 Å². The number of fused-ring (bicyclic) bond motifs is 2. The maximum atomic E-state index is 10.1. The van der Waals surface area contributed by atoms with Crippen LogP contribution in [0.15, 0.2) is 12.2 Å². The van der Waals surface area contributed by atoms with E-state index in [2.05, 4.69) is 0 Å². The van der Waals surface area contributed by atoms with Gasteiger partial charge in [-0.2, -0.15) is 0 Å². The standard InChI is InChI=1S/C15H22O9/c16-4-7-10(17)11(18)12(19)15(21-7)24-14-9-5-1-2-6(9)13(20)22-8(3-5)23-14/h1-2,5-20H,3-4H2/t5-,6+,7-,8+,9+,10-,11+,12-,13+,14+,15+/m1/s1. The molecule has 4 fully saturated rings. The van der Waals surface area contributed by atoms with E-state index in [1.165, 1.54) is 0 Å². The Bertz CT molecular complexity index is 497. The zero-order valence-corrected chi connectivity index (χ0v) is 12.8. The highest BCUT2D eigenvalue weighted by molar-refractivity contribution is 5.11. The van der Waals surface area contributed by atoms with Gasteiger partial charge in [0.25, 0.3) is 0 Å². The van der Waals surface area contributed by atoms with Gasteiger partial charge in [0.05, 0.1) is 6.61 Å². The van der Waals surface area contributed by atoms with Crippen LogP contribution in [0.3, 0.4) is 0 Å². The molecule has 0 spiro atoms. The summed E-state index contributed by atoms with van der Waals surface area (Å²) in [7, 11) is 0. The van der Waals surface area contributed by atoms with Gasteiger partial charge in [0.2, 0.25) is 0 Å². The Hall–Kier alpha value is -0.620. The summed E-state index contributed by atoms with van der Waals surface area (Å²) < 4.78 is 22.2. The second-order valence-electron chi connectivity index (χ2n) is 6.73. The van der Waals surface area contributed by atoms with Crippen molar-refractivity contribution in [3.05, 3.63) is 12.2 Å². The van der Waals surface area contributed by atoms with Crippen LogP contribution >= 0.6 is 0 Å². The number of aliphatic hydroxyl groups is 5. The molecule has 9 nitrogen and oxygen atoms in total. The van der Waals surface area contributed by atoms with Crippen molar-refractivity contribution in [2.45, 2.75) is 56.0 Å². The van der Waals surface area contributed by atoms with E-state index >= 15 is 0 Å². The topological polar surface area (TPSA) is 138 Å². The molecule has 4 bridgehead atoms. The molecule has 5 aliphatic rings. The van der Waals surface area contributed by atoms with E-state index in [4.69, 9.17) is 18.9 Å². The lowest BCUT2D eigenvalue weighted by Gasteiger charge is -2.43. The lowest BCUT2D eigenvalue weighted by molar-refractivity contribution is -0.369. The van der Waals surface area contributed by atoms with Crippen LogP contribution in [0.1, 0.15) is 6.42 Å². The molecule has 1 aliphatic carbocycles. The van der Waals surface area contributed by atoms with Crippen molar-refractivity contribution in [2.75, 3.05) is 6.61 Å². The first-order chi connectivity index (χ1) is 11.5. The first kappa shape index (κ1) is 16.8. The lowest BCUT2D eigenvalue weighted by Crippen LogP contribution is -2.60. The molecule has 0 aromatic carbocycles. The van der Waals surface area contributed by atoms with Crippen molar-refractivity contribution in [2.24, 2.45) is 17.8 Å². The molecule has 4 aliphatic heterocycles. The minimum atomic E-state index is -1.51. The summed E-state index contributed by atoms with van der Waals surface area (Å²) in [6, 6.07) is 0. The molecule has 5 rings (SSSR count). The molecule has 4 heterocycles. The largest absolute Gasteiger partial charge is 0.394 e. The predicted molar refractivity (Wildman–Crippen MR) is 74.8 cm³/mol. The number of ether oxygens (including phenoxy) is 4. The van der Waals surface area contributed by atoms with Crippen molar-refractivity contribution in [3.63, 3.8) is 0 Å². The average molecular weight is 346 g/mol. The fourth-order valence-corrected chi connectivity index (χ4v) is 4.00. The molecule has 9 heteroatoms. The molecule has 0 aromatic rings. The lowest BCUT2D eigenvalue weighted by atomic mass is 9.84. The third-order valence-corrected chi connectivity index (χ3v) is 5.32. The maximum absolute atomic E-state index is 10.1. The Morgan fingerprint density at radius 2 is 1.71 bits per heavy atom. The molecule has 0 unspecified atom stereocenters. The molecule has 11 atom stereocenters. The monoisotopic (exact) mass is 346 g/mol. The summed E-state index contributed by atoms with van der Waals surface area (Å²) in [6.07, 6.45) is -4.75. The first-order valence-corrected chi connectivity index (χ1v) is 8.13. The fourth-order valence-electron chi connectivity index (χ4n) is 4.00. The van der Waals surface area contributed by atoms with Crippen molar-refractivity contribution in [1.82, 2.24) is 0 Å². The zero-order chi connectivity index (χ0) is 17.0. The summed E-state index contributed by atoms with van der Waals surface area (Å²) in [6.45, 7) is -0.531. The highest BCUT2D eigenvalue weighted by Crippen LogP contribution is 2.48. The molecule has 0 amide bonds. The third kappa shape index (κ3) is 2.61. The molecule has 136 valence electrons. The highest BCUT2D eigenvalue weighted by Gasteiger charge is 2.54. The van der Waals surface area contributed by atoms with E-state index in [0.29, 0.717) is 6.42 Å². The van der Waals surface area contributed by atoms with Gasteiger partial charge in [-0.15, -0.1) is 0 Å². The highest BCUT2D eigenvalue weighted by atomic mass is 16.8. The molecular weight excluding hydrogens is 324 g/mol. The van der Waals surface area contributed by atoms with Crippen molar-refractivity contribution >= 4 is 0 Å². The Balaban J connectivity index is 1.51. The second-order valence-corrected chi connectivity index (χ2v) is 6.73. The van der Waals surface area contributed by atoms with Crippen LogP contribution in [0.2, 0.25) is 0 Å². The van der Waals surface area contributed by atoms with Crippen molar-refractivity contribution in [1.29, 1.82) is 0 Å². The molecule has 5 N–H and O–H groups in total. The molecule has 24 heavy (non-hydrogen) atoms. The summed E-state index contributed by atoms with van der Waals surface area (Å²) in [4.78, 5) is 0. The zero-order valence-electron chi connectivity index (χ0n) is 12.8. The number of hydrogen-bond donors (Lipinski definition) is 5. The second kappa shape index (κ2) is 6.27. The molecule has 0 aromatic heterocycles. The molecular formula is C15H22O9. The number of allylic oxidation sites excluding steroid dienone is 1. The van der Waals surface area contributed by atoms with Gasteiger partial charge in [-0.25, -0.2) is 0 Å². The Kier molecular flexibility index (Phi) is 4.40. The van der Waals surface area contributed by atoms with E-state index < -0.39 is 56.2 Å². The SMILES string of the molecule is OC[C@H]1O[C@@H](O[C@@H]2O[C@H]3C[C@H]4C=C[C@@H]([C@@H]24)[C@@H](O)O3)[C@H](O)[C@@H](O)[C@@H]1O. The smallest absolute Gasteiger partial charge is 0.189 e.